The molecule has 1 unspecified atom stereocenters. The number of alkyl halides is 1. The first-order chi connectivity index (χ1) is 8.90. The number of hydrogen-bond donors (Lipinski definition) is 0. The molecule has 0 spiro atoms. The minimum Gasteiger partial charge on any atom is -0.204 e. The third-order valence-electron chi connectivity index (χ3n) is 2.79. The molecule has 0 saturated heterocycles. The monoisotopic (exact) mass is 452 g/mol. The quantitative estimate of drug-likeness (QED) is 0.468. The average molecular weight is 455 g/mol. The predicted octanol–water partition coefficient (Wildman–Crippen LogP) is 6.28. The van der Waals surface area contributed by atoms with Crippen molar-refractivity contribution in [3.05, 3.63) is 67.6 Å². The van der Waals surface area contributed by atoms with Gasteiger partial charge in [-0.1, -0.05) is 53.9 Å². The van der Waals surface area contributed by atoms with Crippen LogP contribution in [0.1, 0.15) is 21.5 Å². The van der Waals surface area contributed by atoms with E-state index in [0.717, 1.165) is 26.1 Å². The summed E-state index contributed by atoms with van der Waals surface area (Å²) >= 11 is 10.5. The molecule has 0 saturated carbocycles. The highest BCUT2D eigenvalue weighted by molar-refractivity contribution is 9.11. The molecule has 0 bridgehead atoms. The molecule has 2 aromatic rings. The Hall–Kier alpha value is -0.260. The fraction of sp³-hybridized carbons (Fsp3) is 0.143. The number of benzene rings is 2. The van der Waals surface area contributed by atoms with E-state index in [0.29, 0.717) is 5.56 Å². The zero-order chi connectivity index (χ0) is 14.2. The van der Waals surface area contributed by atoms with Gasteiger partial charge in [-0.25, -0.2) is 8.78 Å². The van der Waals surface area contributed by atoms with Crippen molar-refractivity contribution in [2.24, 2.45) is 0 Å². The van der Waals surface area contributed by atoms with Crippen molar-refractivity contribution in [1.29, 1.82) is 0 Å². The van der Waals surface area contributed by atoms with E-state index in [1.165, 1.54) is 6.07 Å². The smallest absolute Gasteiger partial charge is 0.159 e. The Labute approximate surface area is 135 Å². The van der Waals surface area contributed by atoms with Gasteiger partial charge in [0.1, 0.15) is 0 Å². The summed E-state index contributed by atoms with van der Waals surface area (Å²) in [7, 11) is 0. The molecule has 19 heavy (non-hydrogen) atoms. The lowest BCUT2D eigenvalue weighted by atomic mass is 10.0. The van der Waals surface area contributed by atoms with Gasteiger partial charge in [0.05, 0.1) is 4.83 Å². The van der Waals surface area contributed by atoms with E-state index in [4.69, 9.17) is 0 Å². The van der Waals surface area contributed by atoms with Crippen molar-refractivity contribution < 1.29 is 8.78 Å². The molecule has 0 aliphatic carbocycles. The van der Waals surface area contributed by atoms with Crippen molar-refractivity contribution in [3.8, 4) is 0 Å². The molecule has 1 atom stereocenters. The van der Waals surface area contributed by atoms with Gasteiger partial charge in [0, 0.05) is 8.95 Å². The van der Waals surface area contributed by atoms with E-state index in [-0.39, 0.29) is 4.83 Å². The Morgan fingerprint density at radius 3 is 2.26 bits per heavy atom. The molecule has 0 fully saturated rings. The number of hydrogen-bond acceptors (Lipinski definition) is 0. The van der Waals surface area contributed by atoms with Gasteiger partial charge >= 0.3 is 0 Å². The SMILES string of the molecule is Cc1cc(Br)c(C(Br)c2ccc(F)c(F)c2)cc1Br. The Morgan fingerprint density at radius 2 is 1.63 bits per heavy atom. The van der Waals surface area contributed by atoms with E-state index in [9.17, 15) is 8.78 Å². The summed E-state index contributed by atoms with van der Waals surface area (Å²) in [6, 6.07) is 7.84. The topological polar surface area (TPSA) is 0 Å². The summed E-state index contributed by atoms with van der Waals surface area (Å²) in [5, 5.41) is 0. The number of aryl methyl sites for hydroxylation is 1. The van der Waals surface area contributed by atoms with Crippen LogP contribution in [0.5, 0.6) is 0 Å². The Bertz CT molecular complexity index is 626. The lowest BCUT2D eigenvalue weighted by Gasteiger charge is -2.14. The number of rotatable bonds is 2. The van der Waals surface area contributed by atoms with Gasteiger partial charge in [-0.15, -0.1) is 0 Å². The van der Waals surface area contributed by atoms with Crippen LogP contribution in [0.15, 0.2) is 39.3 Å². The van der Waals surface area contributed by atoms with Crippen LogP contribution in [-0.2, 0) is 0 Å². The maximum absolute atomic E-state index is 13.3. The van der Waals surface area contributed by atoms with Crippen molar-refractivity contribution in [3.63, 3.8) is 0 Å². The van der Waals surface area contributed by atoms with Gasteiger partial charge in [0.15, 0.2) is 11.6 Å². The minimum absolute atomic E-state index is 0.214. The normalized spacial score (nSPS) is 12.5. The molecule has 2 rings (SSSR count). The molecule has 2 aromatic carbocycles. The molecule has 0 N–H and O–H groups in total. The summed E-state index contributed by atoms with van der Waals surface area (Å²) in [5.41, 5.74) is 2.71. The van der Waals surface area contributed by atoms with Crippen LogP contribution < -0.4 is 0 Å². The van der Waals surface area contributed by atoms with E-state index < -0.39 is 11.6 Å². The van der Waals surface area contributed by atoms with Gasteiger partial charge in [0.2, 0.25) is 0 Å². The van der Waals surface area contributed by atoms with E-state index >= 15 is 0 Å². The first-order valence-corrected chi connectivity index (χ1v) is 7.95. The Kier molecular flexibility index (Phi) is 4.79. The second kappa shape index (κ2) is 6.02. The highest BCUT2D eigenvalue weighted by Crippen LogP contribution is 2.38. The largest absolute Gasteiger partial charge is 0.204 e. The Balaban J connectivity index is 2.46. The van der Waals surface area contributed by atoms with Gasteiger partial charge in [-0.05, 0) is 47.9 Å². The first-order valence-electron chi connectivity index (χ1n) is 5.44. The van der Waals surface area contributed by atoms with Gasteiger partial charge in [0.25, 0.3) is 0 Å². The molecular weight excluding hydrogens is 446 g/mol. The molecule has 0 nitrogen and oxygen atoms in total. The fourth-order valence-corrected chi connectivity index (χ4v) is 3.72. The second-order valence-electron chi connectivity index (χ2n) is 4.16. The molecule has 0 aliphatic heterocycles. The summed E-state index contributed by atoms with van der Waals surface area (Å²) in [6.07, 6.45) is 0. The van der Waals surface area contributed by atoms with Crippen LogP contribution >= 0.6 is 47.8 Å². The van der Waals surface area contributed by atoms with Crippen LogP contribution in [0.2, 0.25) is 0 Å². The zero-order valence-electron chi connectivity index (χ0n) is 9.85. The molecular formula is C14H9Br3F2. The van der Waals surface area contributed by atoms with E-state index in [1.54, 1.807) is 6.07 Å². The highest BCUT2D eigenvalue weighted by atomic mass is 79.9. The maximum atomic E-state index is 13.3. The summed E-state index contributed by atoms with van der Waals surface area (Å²) in [4.78, 5) is -0.214. The van der Waals surface area contributed by atoms with Gasteiger partial charge in [-0.3, -0.25) is 0 Å². The van der Waals surface area contributed by atoms with Gasteiger partial charge < -0.3 is 0 Å². The third kappa shape index (κ3) is 3.26. The minimum atomic E-state index is -0.843. The van der Waals surface area contributed by atoms with E-state index in [2.05, 4.69) is 47.8 Å². The predicted molar refractivity (Wildman–Crippen MR) is 83.7 cm³/mol. The van der Waals surface area contributed by atoms with Crippen LogP contribution in [0, 0.1) is 18.6 Å². The maximum Gasteiger partial charge on any atom is 0.159 e. The van der Waals surface area contributed by atoms with Crippen molar-refractivity contribution >= 4 is 47.8 Å². The lowest BCUT2D eigenvalue weighted by molar-refractivity contribution is 0.507. The number of halogens is 5. The van der Waals surface area contributed by atoms with Crippen LogP contribution in [-0.4, -0.2) is 0 Å². The first kappa shape index (κ1) is 15.1. The molecule has 0 heterocycles. The van der Waals surface area contributed by atoms with Crippen molar-refractivity contribution in [2.45, 2.75) is 11.8 Å². The molecule has 5 heteroatoms. The highest BCUT2D eigenvalue weighted by Gasteiger charge is 2.16. The molecule has 0 aromatic heterocycles. The second-order valence-corrected chi connectivity index (χ2v) is 6.78. The molecule has 0 amide bonds. The van der Waals surface area contributed by atoms with E-state index in [1.807, 2.05) is 19.1 Å². The lowest BCUT2D eigenvalue weighted by Crippen LogP contribution is -1.97. The zero-order valence-corrected chi connectivity index (χ0v) is 14.6. The van der Waals surface area contributed by atoms with Crippen molar-refractivity contribution in [2.75, 3.05) is 0 Å². The van der Waals surface area contributed by atoms with Crippen LogP contribution in [0.3, 0.4) is 0 Å². The van der Waals surface area contributed by atoms with Crippen molar-refractivity contribution in [1.82, 2.24) is 0 Å². The van der Waals surface area contributed by atoms with Crippen LogP contribution in [0.4, 0.5) is 8.78 Å². The standard InChI is InChI=1S/C14H9Br3F2/c1-7-4-11(16)9(6-10(7)15)14(17)8-2-3-12(18)13(19)5-8/h2-6,14H,1H3. The summed E-state index contributed by atoms with van der Waals surface area (Å²) in [6.45, 7) is 1.99. The third-order valence-corrected chi connectivity index (χ3v) is 5.35. The summed E-state index contributed by atoms with van der Waals surface area (Å²) < 4.78 is 28.1. The fourth-order valence-electron chi connectivity index (χ4n) is 1.71. The average Bonchev–Trinajstić information content (AvgIpc) is 2.36. The van der Waals surface area contributed by atoms with Crippen LogP contribution in [0.25, 0.3) is 0 Å². The molecule has 0 aliphatic rings. The summed E-state index contributed by atoms with van der Waals surface area (Å²) in [5.74, 6) is -1.68. The Morgan fingerprint density at radius 1 is 0.947 bits per heavy atom. The molecule has 100 valence electrons. The van der Waals surface area contributed by atoms with Gasteiger partial charge in [-0.2, -0.15) is 0 Å². The molecule has 0 radical (unpaired) electrons.